The Kier molecular flexibility index (Phi) is 4.25. The number of aryl methyl sites for hydroxylation is 1. The lowest BCUT2D eigenvalue weighted by atomic mass is 9.89. The average Bonchev–Trinajstić information content (AvgIpc) is 2.68. The fourth-order valence-electron chi connectivity index (χ4n) is 3.25. The number of ketones is 1. The van der Waals surface area contributed by atoms with Gasteiger partial charge in [-0.25, -0.2) is 4.99 Å². The first-order chi connectivity index (χ1) is 13.7. The van der Waals surface area contributed by atoms with Crippen LogP contribution in [0, 0.1) is 6.92 Å². The zero-order valence-electron chi connectivity index (χ0n) is 15.1. The number of aliphatic hydroxyl groups is 2. The van der Waals surface area contributed by atoms with Gasteiger partial charge in [0.1, 0.15) is 10.6 Å². The molecule has 0 aromatic heterocycles. The van der Waals surface area contributed by atoms with Gasteiger partial charge in [-0.15, -0.1) is 0 Å². The highest BCUT2D eigenvalue weighted by atomic mass is 32.2. The molecule has 1 aliphatic carbocycles. The number of hydrogen-bond acceptors (Lipinski definition) is 6. The van der Waals surface area contributed by atoms with Crippen molar-refractivity contribution in [3.63, 3.8) is 0 Å². The number of rotatable bonds is 2. The van der Waals surface area contributed by atoms with Gasteiger partial charge in [0.2, 0.25) is 11.5 Å². The van der Waals surface area contributed by atoms with Gasteiger partial charge in [-0.05, 0) is 47.5 Å². The summed E-state index contributed by atoms with van der Waals surface area (Å²) >= 11 is 0. The lowest BCUT2D eigenvalue weighted by Gasteiger charge is -2.18. The normalized spacial score (nSPS) is 15.8. The Bertz CT molecular complexity index is 1370. The van der Waals surface area contributed by atoms with Crippen molar-refractivity contribution in [3.8, 4) is 0 Å². The monoisotopic (exact) mass is 409 g/mol. The minimum absolute atomic E-state index is 0.158. The van der Waals surface area contributed by atoms with E-state index in [0.717, 1.165) is 10.8 Å². The zero-order valence-corrected chi connectivity index (χ0v) is 15.9. The van der Waals surface area contributed by atoms with E-state index in [9.17, 15) is 28.0 Å². The molecule has 0 aliphatic heterocycles. The Morgan fingerprint density at radius 2 is 1.48 bits per heavy atom. The molecule has 0 fully saturated rings. The quantitative estimate of drug-likeness (QED) is 0.552. The highest BCUT2D eigenvalue weighted by Crippen LogP contribution is 2.33. The largest absolute Gasteiger partial charge is 0.504 e. The molecule has 8 heteroatoms. The van der Waals surface area contributed by atoms with E-state index >= 15 is 0 Å². The number of aliphatic imine (C=N–C) groups is 1. The van der Waals surface area contributed by atoms with Gasteiger partial charge in [-0.2, -0.15) is 8.42 Å². The highest BCUT2D eigenvalue weighted by Gasteiger charge is 2.32. The Balaban J connectivity index is 2.04. The zero-order chi connectivity index (χ0) is 20.9. The molecule has 0 spiro atoms. The second-order valence-electron chi connectivity index (χ2n) is 6.68. The molecule has 1 aliphatic rings. The van der Waals surface area contributed by atoms with Gasteiger partial charge in [-0.3, -0.25) is 9.35 Å². The van der Waals surface area contributed by atoms with Crippen molar-refractivity contribution in [2.75, 3.05) is 0 Å². The number of carbonyl (C=O) groups is 1. The van der Waals surface area contributed by atoms with Crippen molar-refractivity contribution in [1.29, 1.82) is 0 Å². The molecule has 3 aromatic rings. The summed E-state index contributed by atoms with van der Waals surface area (Å²) in [7, 11) is -4.60. The number of fused-ring (bicyclic) bond motifs is 2. The Labute approximate surface area is 166 Å². The first kappa shape index (κ1) is 18.9. The van der Waals surface area contributed by atoms with E-state index in [4.69, 9.17) is 0 Å². The summed E-state index contributed by atoms with van der Waals surface area (Å²) in [5.41, 5.74) is 0.610. The minimum atomic E-state index is -4.60. The lowest BCUT2D eigenvalue weighted by Crippen LogP contribution is -2.25. The van der Waals surface area contributed by atoms with Gasteiger partial charge >= 0.3 is 0 Å². The predicted octanol–water partition coefficient (Wildman–Crippen LogP) is 3.88. The van der Waals surface area contributed by atoms with E-state index < -0.39 is 32.3 Å². The van der Waals surface area contributed by atoms with Crippen LogP contribution in [-0.4, -0.2) is 34.7 Å². The molecular formula is C21H15NO6S. The van der Waals surface area contributed by atoms with Crippen LogP contribution in [0.2, 0.25) is 0 Å². The summed E-state index contributed by atoms with van der Waals surface area (Å²) in [6.07, 6.45) is 0. The van der Waals surface area contributed by atoms with Crippen molar-refractivity contribution in [1.82, 2.24) is 0 Å². The number of Topliss-reactive ketones (excluding diaryl/α,β-unsaturated/α-hetero) is 1. The maximum absolute atomic E-state index is 12.7. The summed E-state index contributed by atoms with van der Waals surface area (Å²) < 4.78 is 33.1. The maximum Gasteiger partial charge on any atom is 0.296 e. The second-order valence-corrected chi connectivity index (χ2v) is 8.07. The molecule has 0 radical (unpaired) electrons. The number of hydrogen-bond donors (Lipinski definition) is 3. The van der Waals surface area contributed by atoms with Gasteiger partial charge in [-0.1, -0.05) is 30.3 Å². The van der Waals surface area contributed by atoms with Crippen LogP contribution in [-0.2, 0) is 14.9 Å². The molecule has 0 heterocycles. The summed E-state index contributed by atoms with van der Waals surface area (Å²) in [5.74, 6) is -2.41. The van der Waals surface area contributed by atoms with Crippen LogP contribution in [0.25, 0.3) is 16.5 Å². The van der Waals surface area contributed by atoms with Gasteiger partial charge in [0.15, 0.2) is 5.76 Å². The third-order valence-electron chi connectivity index (χ3n) is 4.68. The topological polar surface area (TPSA) is 124 Å². The molecular weight excluding hydrogens is 394 g/mol. The van der Waals surface area contributed by atoms with Crippen LogP contribution in [0.3, 0.4) is 0 Å². The first-order valence-corrected chi connectivity index (χ1v) is 9.98. The fraction of sp³-hybridized carbons (Fsp3) is 0.0476. The maximum atomic E-state index is 12.7. The number of allylic oxidation sites excluding steroid dienone is 1. The molecule has 0 amide bonds. The van der Waals surface area contributed by atoms with E-state index in [1.165, 1.54) is 12.1 Å². The van der Waals surface area contributed by atoms with Crippen LogP contribution in [0.1, 0.15) is 16.7 Å². The minimum Gasteiger partial charge on any atom is -0.504 e. The highest BCUT2D eigenvalue weighted by molar-refractivity contribution is 7.86. The SMILES string of the molecule is Cc1ccc(N=C2C(=O)C(O)=C(O)c3cc4ccccc4cc32)c(S(=O)(=O)O)c1. The van der Waals surface area contributed by atoms with Gasteiger partial charge < -0.3 is 10.2 Å². The van der Waals surface area contributed by atoms with Crippen molar-refractivity contribution in [2.45, 2.75) is 11.8 Å². The predicted molar refractivity (Wildman–Crippen MR) is 108 cm³/mol. The Morgan fingerprint density at radius 3 is 2.10 bits per heavy atom. The van der Waals surface area contributed by atoms with Crippen LogP contribution in [0.4, 0.5) is 5.69 Å². The summed E-state index contributed by atoms with van der Waals surface area (Å²) in [6.45, 7) is 1.64. The molecule has 146 valence electrons. The first-order valence-electron chi connectivity index (χ1n) is 8.54. The second kappa shape index (κ2) is 6.54. The molecule has 0 saturated heterocycles. The van der Waals surface area contributed by atoms with Crippen molar-refractivity contribution in [3.05, 3.63) is 77.0 Å². The average molecular weight is 409 g/mol. The number of nitrogens with zero attached hydrogens (tertiary/aromatic N) is 1. The van der Waals surface area contributed by atoms with Gasteiger partial charge in [0.25, 0.3) is 10.1 Å². The molecule has 0 unspecified atom stereocenters. The van der Waals surface area contributed by atoms with E-state index in [1.54, 1.807) is 31.2 Å². The Morgan fingerprint density at radius 1 is 0.862 bits per heavy atom. The van der Waals surface area contributed by atoms with Crippen molar-refractivity contribution < 1.29 is 28.0 Å². The number of benzene rings is 3. The van der Waals surface area contributed by atoms with Gasteiger partial charge in [0, 0.05) is 11.1 Å². The molecule has 7 nitrogen and oxygen atoms in total. The van der Waals surface area contributed by atoms with Crippen molar-refractivity contribution >= 4 is 43.8 Å². The summed E-state index contributed by atoms with van der Waals surface area (Å²) in [6, 6.07) is 14.6. The third kappa shape index (κ3) is 3.18. The smallest absolute Gasteiger partial charge is 0.296 e. The molecule has 0 bridgehead atoms. The molecule has 3 aromatic carbocycles. The Hall–Kier alpha value is -3.49. The molecule has 0 atom stereocenters. The standard InChI is InChI=1S/C21H15NO6S/c1-11-6-7-16(17(8-11)29(26,27)28)22-18-14-9-12-4-2-3-5-13(12)10-15(14)19(23)21(25)20(18)24/h2-10,23,25H,1H3,(H,26,27,28). The molecule has 3 N–H and O–H groups in total. The summed E-state index contributed by atoms with van der Waals surface area (Å²) in [4.78, 5) is 16.4. The van der Waals surface area contributed by atoms with E-state index in [0.29, 0.717) is 5.56 Å². The summed E-state index contributed by atoms with van der Waals surface area (Å²) in [5, 5.41) is 21.9. The van der Waals surface area contributed by atoms with Crippen LogP contribution < -0.4 is 0 Å². The van der Waals surface area contributed by atoms with E-state index in [2.05, 4.69) is 4.99 Å². The van der Waals surface area contributed by atoms with Crippen LogP contribution >= 0.6 is 0 Å². The van der Waals surface area contributed by atoms with Crippen LogP contribution in [0.5, 0.6) is 0 Å². The third-order valence-corrected chi connectivity index (χ3v) is 5.56. The number of carbonyl (C=O) groups excluding carboxylic acids is 1. The van der Waals surface area contributed by atoms with Crippen molar-refractivity contribution in [2.24, 2.45) is 4.99 Å². The van der Waals surface area contributed by atoms with Crippen LogP contribution in [0.15, 0.2) is 70.2 Å². The molecule has 0 saturated carbocycles. The number of aliphatic hydroxyl groups excluding tert-OH is 2. The molecule has 4 rings (SSSR count). The van der Waals surface area contributed by atoms with Gasteiger partial charge in [0.05, 0.1) is 5.69 Å². The van der Waals surface area contributed by atoms with E-state index in [-0.39, 0.29) is 22.5 Å². The van der Waals surface area contributed by atoms with E-state index in [1.807, 2.05) is 18.2 Å². The lowest BCUT2D eigenvalue weighted by molar-refractivity contribution is -0.112. The fourth-order valence-corrected chi connectivity index (χ4v) is 3.97. The molecule has 29 heavy (non-hydrogen) atoms.